The van der Waals surface area contributed by atoms with Gasteiger partial charge in [0.1, 0.15) is 0 Å². The van der Waals surface area contributed by atoms with Gasteiger partial charge < -0.3 is 10.6 Å². The fraction of sp³-hybridized carbons (Fsp3) is 0.222. The molecule has 9 heteroatoms. The predicted molar refractivity (Wildman–Crippen MR) is 102 cm³/mol. The van der Waals surface area contributed by atoms with Crippen molar-refractivity contribution in [3.63, 3.8) is 0 Å². The lowest BCUT2D eigenvalue weighted by atomic mass is 10.2. The van der Waals surface area contributed by atoms with E-state index in [-0.39, 0.29) is 17.5 Å². The van der Waals surface area contributed by atoms with Gasteiger partial charge in [0.05, 0.1) is 11.4 Å². The Kier molecular flexibility index (Phi) is 5.79. The Balaban J connectivity index is 1.57. The topological polar surface area (TPSA) is 104 Å². The highest BCUT2D eigenvalue weighted by molar-refractivity contribution is 7.89. The quantitative estimate of drug-likeness (QED) is 0.654. The molecule has 3 rings (SSSR count). The number of halogens is 1. The van der Waals surface area contributed by atoms with E-state index in [4.69, 9.17) is 11.6 Å². The van der Waals surface area contributed by atoms with Crippen molar-refractivity contribution >= 4 is 39.1 Å². The van der Waals surface area contributed by atoms with E-state index in [2.05, 4.69) is 15.4 Å². The van der Waals surface area contributed by atoms with E-state index >= 15 is 0 Å². The summed E-state index contributed by atoms with van der Waals surface area (Å²) in [5, 5.41) is 5.48. The predicted octanol–water partition coefficient (Wildman–Crippen LogP) is 2.15. The Labute approximate surface area is 162 Å². The van der Waals surface area contributed by atoms with Crippen LogP contribution < -0.4 is 15.4 Å². The monoisotopic (exact) mass is 407 g/mol. The summed E-state index contributed by atoms with van der Waals surface area (Å²) in [7, 11) is -3.60. The summed E-state index contributed by atoms with van der Waals surface area (Å²) < 4.78 is 27.0. The van der Waals surface area contributed by atoms with E-state index in [9.17, 15) is 18.0 Å². The summed E-state index contributed by atoms with van der Waals surface area (Å²) in [5.74, 6) is -0.910. The van der Waals surface area contributed by atoms with Crippen LogP contribution >= 0.6 is 11.6 Å². The Bertz CT molecular complexity index is 974. The Morgan fingerprint density at radius 1 is 1.07 bits per heavy atom. The van der Waals surface area contributed by atoms with E-state index in [1.807, 2.05) is 0 Å². The molecule has 0 spiro atoms. The van der Waals surface area contributed by atoms with E-state index in [1.54, 1.807) is 30.3 Å². The van der Waals surface area contributed by atoms with Gasteiger partial charge in [0.25, 0.3) is 5.91 Å². The maximum absolute atomic E-state index is 12.2. The molecule has 2 aromatic rings. The number of benzene rings is 2. The second-order valence-electron chi connectivity index (χ2n) is 6.16. The van der Waals surface area contributed by atoms with Gasteiger partial charge in [-0.1, -0.05) is 23.7 Å². The smallest absolute Gasteiger partial charge is 0.251 e. The number of rotatable bonds is 7. The van der Waals surface area contributed by atoms with Gasteiger partial charge in [-0.3, -0.25) is 9.59 Å². The van der Waals surface area contributed by atoms with Gasteiger partial charge in [0, 0.05) is 22.3 Å². The summed E-state index contributed by atoms with van der Waals surface area (Å²) in [6.45, 7) is -0.261. The van der Waals surface area contributed by atoms with Crippen LogP contribution in [0.2, 0.25) is 5.02 Å². The highest BCUT2D eigenvalue weighted by Gasteiger charge is 2.28. The molecule has 2 aromatic carbocycles. The van der Waals surface area contributed by atoms with Crippen LogP contribution in [0.15, 0.2) is 53.4 Å². The molecule has 0 radical (unpaired) electrons. The highest BCUT2D eigenvalue weighted by atomic mass is 35.5. The molecule has 2 amide bonds. The lowest BCUT2D eigenvalue weighted by molar-refractivity contribution is -0.115. The van der Waals surface area contributed by atoms with E-state index in [0.717, 1.165) is 12.8 Å². The van der Waals surface area contributed by atoms with E-state index in [0.29, 0.717) is 16.3 Å². The molecule has 0 aliphatic heterocycles. The highest BCUT2D eigenvalue weighted by Crippen LogP contribution is 2.23. The number of carbonyl (C=O) groups is 2. The van der Waals surface area contributed by atoms with Crippen LogP contribution in [0.5, 0.6) is 0 Å². The Morgan fingerprint density at radius 2 is 1.81 bits per heavy atom. The first-order valence-corrected chi connectivity index (χ1v) is 10.2. The lowest BCUT2D eigenvalue weighted by Crippen LogP contribution is -2.33. The number of hydrogen-bond acceptors (Lipinski definition) is 4. The van der Waals surface area contributed by atoms with Crippen LogP contribution in [-0.4, -0.2) is 32.8 Å². The molecule has 3 N–H and O–H groups in total. The maximum Gasteiger partial charge on any atom is 0.251 e. The van der Waals surface area contributed by atoms with Crippen molar-refractivity contribution in [2.75, 3.05) is 11.9 Å². The molecule has 7 nitrogen and oxygen atoms in total. The molecule has 0 unspecified atom stereocenters. The van der Waals surface area contributed by atoms with Crippen molar-refractivity contribution in [1.82, 2.24) is 10.0 Å². The van der Waals surface area contributed by atoms with Gasteiger partial charge in [0.2, 0.25) is 15.9 Å². The van der Waals surface area contributed by atoms with Gasteiger partial charge >= 0.3 is 0 Å². The van der Waals surface area contributed by atoms with Gasteiger partial charge in [-0.2, -0.15) is 0 Å². The second-order valence-corrected chi connectivity index (χ2v) is 8.32. The average Bonchev–Trinajstić information content (AvgIpc) is 3.43. The minimum absolute atomic E-state index is 0.00468. The maximum atomic E-state index is 12.2. The summed E-state index contributed by atoms with van der Waals surface area (Å²) in [5.41, 5.74) is 0.671. The molecule has 27 heavy (non-hydrogen) atoms. The zero-order valence-electron chi connectivity index (χ0n) is 14.2. The van der Waals surface area contributed by atoms with Crippen LogP contribution in [0, 0.1) is 0 Å². The third-order valence-corrected chi connectivity index (χ3v) is 5.58. The minimum atomic E-state index is -3.60. The van der Waals surface area contributed by atoms with Crippen molar-refractivity contribution in [2.45, 2.75) is 23.8 Å². The van der Waals surface area contributed by atoms with Gasteiger partial charge in [-0.05, 0) is 49.2 Å². The summed E-state index contributed by atoms with van der Waals surface area (Å²) >= 11 is 5.83. The van der Waals surface area contributed by atoms with Crippen molar-refractivity contribution in [1.29, 1.82) is 0 Å². The Hall–Kier alpha value is -2.42. The summed E-state index contributed by atoms with van der Waals surface area (Å²) in [6.07, 6.45) is 1.67. The molecule has 142 valence electrons. The molecular weight excluding hydrogens is 390 g/mol. The first-order valence-electron chi connectivity index (χ1n) is 8.29. The molecule has 0 atom stereocenters. The number of sulfonamides is 1. The van der Waals surface area contributed by atoms with Crippen molar-refractivity contribution in [2.24, 2.45) is 0 Å². The van der Waals surface area contributed by atoms with Crippen molar-refractivity contribution in [3.8, 4) is 0 Å². The normalized spacial score (nSPS) is 13.8. The Morgan fingerprint density at radius 3 is 2.52 bits per heavy atom. The number of anilines is 1. The number of hydrogen-bond donors (Lipinski definition) is 3. The van der Waals surface area contributed by atoms with Crippen molar-refractivity contribution in [3.05, 3.63) is 59.1 Å². The van der Waals surface area contributed by atoms with Crippen LogP contribution in [0.25, 0.3) is 0 Å². The second kappa shape index (κ2) is 8.08. The zero-order valence-corrected chi connectivity index (χ0v) is 15.8. The first-order chi connectivity index (χ1) is 12.8. The third-order valence-electron chi connectivity index (χ3n) is 3.82. The van der Waals surface area contributed by atoms with Crippen LogP contribution in [0.3, 0.4) is 0 Å². The number of carbonyl (C=O) groups excluding carboxylic acids is 2. The minimum Gasteiger partial charge on any atom is -0.343 e. The zero-order chi connectivity index (χ0) is 19.4. The lowest BCUT2D eigenvalue weighted by Gasteiger charge is -2.10. The molecule has 1 saturated carbocycles. The fourth-order valence-corrected chi connectivity index (χ4v) is 3.87. The molecule has 0 aromatic heterocycles. The van der Waals surface area contributed by atoms with Gasteiger partial charge in [0.15, 0.2) is 0 Å². The van der Waals surface area contributed by atoms with Crippen LogP contribution in [0.1, 0.15) is 23.2 Å². The standard InChI is InChI=1S/C18H18ClN3O4S/c19-13-4-1-3-12(9-13)18(24)20-11-17(23)21-15-5-2-6-16(10-15)27(25,26)22-14-7-8-14/h1-6,9-10,14,22H,7-8,11H2,(H,20,24)(H,21,23). The van der Waals surface area contributed by atoms with Crippen LogP contribution in [0.4, 0.5) is 5.69 Å². The SMILES string of the molecule is O=C(CNC(=O)c1cccc(Cl)c1)Nc1cccc(S(=O)(=O)NC2CC2)c1. The van der Waals surface area contributed by atoms with E-state index < -0.39 is 21.8 Å². The average molecular weight is 408 g/mol. The number of nitrogens with one attached hydrogen (secondary N) is 3. The molecule has 0 heterocycles. The summed E-state index contributed by atoms with van der Waals surface area (Å²) in [6, 6.07) is 12.3. The molecule has 1 fully saturated rings. The molecule has 1 aliphatic carbocycles. The van der Waals surface area contributed by atoms with Gasteiger partial charge in [-0.25, -0.2) is 13.1 Å². The van der Waals surface area contributed by atoms with Crippen LogP contribution in [-0.2, 0) is 14.8 Å². The molecular formula is C18H18ClN3O4S. The van der Waals surface area contributed by atoms with Gasteiger partial charge in [-0.15, -0.1) is 0 Å². The molecule has 0 saturated heterocycles. The largest absolute Gasteiger partial charge is 0.343 e. The fourth-order valence-electron chi connectivity index (χ4n) is 2.33. The molecule has 1 aliphatic rings. The first kappa shape index (κ1) is 19.3. The summed E-state index contributed by atoms with van der Waals surface area (Å²) in [4.78, 5) is 24.1. The van der Waals surface area contributed by atoms with E-state index in [1.165, 1.54) is 18.2 Å². The van der Waals surface area contributed by atoms with Crippen molar-refractivity contribution < 1.29 is 18.0 Å². The molecule has 0 bridgehead atoms. The number of amides is 2. The third kappa shape index (κ3) is 5.53.